The molecule has 0 saturated heterocycles. The SMILES string of the molecule is Cc1cccc(S(=O)(=O)NCCn2nc(-c3ccc(F)cc3)n(C)c2=O)c1C. The molecule has 3 rings (SSSR count). The Morgan fingerprint density at radius 3 is 2.46 bits per heavy atom. The van der Waals surface area contributed by atoms with Crippen molar-refractivity contribution in [2.24, 2.45) is 7.05 Å². The largest absolute Gasteiger partial charge is 0.345 e. The lowest BCUT2D eigenvalue weighted by molar-refractivity contribution is 0.550. The third-order valence-electron chi connectivity index (χ3n) is 4.60. The van der Waals surface area contributed by atoms with Crippen LogP contribution in [0.3, 0.4) is 0 Å². The summed E-state index contributed by atoms with van der Waals surface area (Å²) in [7, 11) is -2.14. The Morgan fingerprint density at radius 1 is 1.11 bits per heavy atom. The fourth-order valence-electron chi connectivity index (χ4n) is 2.86. The zero-order valence-corrected chi connectivity index (χ0v) is 16.6. The van der Waals surface area contributed by atoms with Crippen LogP contribution in [0.2, 0.25) is 0 Å². The lowest BCUT2D eigenvalue weighted by Gasteiger charge is -2.10. The monoisotopic (exact) mass is 404 g/mol. The van der Waals surface area contributed by atoms with E-state index in [9.17, 15) is 17.6 Å². The average molecular weight is 404 g/mol. The van der Waals surface area contributed by atoms with Gasteiger partial charge in [0.1, 0.15) is 5.82 Å². The van der Waals surface area contributed by atoms with Gasteiger partial charge in [0.15, 0.2) is 5.82 Å². The highest BCUT2D eigenvalue weighted by molar-refractivity contribution is 7.89. The highest BCUT2D eigenvalue weighted by Gasteiger charge is 2.18. The lowest BCUT2D eigenvalue weighted by atomic mass is 10.1. The third-order valence-corrected chi connectivity index (χ3v) is 6.21. The van der Waals surface area contributed by atoms with Gasteiger partial charge in [-0.1, -0.05) is 12.1 Å². The number of nitrogens with one attached hydrogen (secondary N) is 1. The molecule has 1 aromatic heterocycles. The van der Waals surface area contributed by atoms with Gasteiger partial charge >= 0.3 is 5.69 Å². The van der Waals surface area contributed by atoms with E-state index in [0.29, 0.717) is 17.0 Å². The van der Waals surface area contributed by atoms with Crippen LogP contribution in [0.5, 0.6) is 0 Å². The number of hydrogen-bond donors (Lipinski definition) is 1. The highest BCUT2D eigenvalue weighted by Crippen LogP contribution is 2.18. The van der Waals surface area contributed by atoms with E-state index in [0.717, 1.165) is 5.56 Å². The van der Waals surface area contributed by atoms with Crippen molar-refractivity contribution in [1.29, 1.82) is 0 Å². The molecule has 28 heavy (non-hydrogen) atoms. The van der Waals surface area contributed by atoms with E-state index >= 15 is 0 Å². The molecule has 0 amide bonds. The molecule has 9 heteroatoms. The van der Waals surface area contributed by atoms with Crippen LogP contribution in [0.1, 0.15) is 11.1 Å². The molecule has 0 aliphatic rings. The summed E-state index contributed by atoms with van der Waals surface area (Å²) < 4.78 is 43.2. The summed E-state index contributed by atoms with van der Waals surface area (Å²) in [5, 5.41) is 4.24. The molecule has 148 valence electrons. The van der Waals surface area contributed by atoms with E-state index in [-0.39, 0.29) is 29.5 Å². The summed E-state index contributed by atoms with van der Waals surface area (Å²) in [6, 6.07) is 10.7. The summed E-state index contributed by atoms with van der Waals surface area (Å²) in [6.07, 6.45) is 0. The van der Waals surface area contributed by atoms with Crippen molar-refractivity contribution < 1.29 is 12.8 Å². The molecule has 0 atom stereocenters. The van der Waals surface area contributed by atoms with Crippen molar-refractivity contribution in [3.8, 4) is 11.4 Å². The topological polar surface area (TPSA) is 86.0 Å². The Labute approximate surface area is 162 Å². The molecule has 0 spiro atoms. The van der Waals surface area contributed by atoms with Gasteiger partial charge in [-0.2, -0.15) is 0 Å². The van der Waals surface area contributed by atoms with Gasteiger partial charge in [0, 0.05) is 19.2 Å². The molecule has 0 saturated carbocycles. The fraction of sp³-hybridized carbons (Fsp3) is 0.263. The maximum absolute atomic E-state index is 13.1. The number of halogens is 1. The van der Waals surface area contributed by atoms with E-state index in [2.05, 4.69) is 9.82 Å². The molecule has 1 heterocycles. The number of aromatic nitrogens is 3. The predicted molar refractivity (Wildman–Crippen MR) is 104 cm³/mol. The van der Waals surface area contributed by atoms with Crippen molar-refractivity contribution in [3.05, 3.63) is 69.9 Å². The number of rotatable bonds is 6. The van der Waals surface area contributed by atoms with Crippen LogP contribution in [0.4, 0.5) is 4.39 Å². The lowest BCUT2D eigenvalue weighted by Crippen LogP contribution is -2.32. The first-order valence-corrected chi connectivity index (χ1v) is 10.1. The number of nitrogens with zero attached hydrogens (tertiary/aromatic N) is 3. The first-order valence-electron chi connectivity index (χ1n) is 8.66. The number of sulfonamides is 1. The Morgan fingerprint density at radius 2 is 1.79 bits per heavy atom. The zero-order chi connectivity index (χ0) is 20.5. The Hall–Kier alpha value is -2.78. The zero-order valence-electron chi connectivity index (χ0n) is 15.8. The summed E-state index contributed by atoms with van der Waals surface area (Å²) in [5.74, 6) is -0.00332. The van der Waals surface area contributed by atoms with E-state index in [1.165, 1.54) is 33.5 Å². The molecule has 1 N–H and O–H groups in total. The van der Waals surface area contributed by atoms with Crippen molar-refractivity contribution in [3.63, 3.8) is 0 Å². The molecule has 0 radical (unpaired) electrons. The van der Waals surface area contributed by atoms with Crippen LogP contribution in [0.25, 0.3) is 11.4 Å². The Kier molecular flexibility index (Phi) is 5.48. The molecule has 7 nitrogen and oxygen atoms in total. The average Bonchev–Trinajstić information content (AvgIpc) is 2.93. The maximum Gasteiger partial charge on any atom is 0.345 e. The molecule has 0 bridgehead atoms. The molecular weight excluding hydrogens is 383 g/mol. The van der Waals surface area contributed by atoms with Gasteiger partial charge in [-0.15, -0.1) is 5.10 Å². The minimum absolute atomic E-state index is 0.00942. The molecule has 3 aromatic rings. The quantitative estimate of drug-likeness (QED) is 0.681. The second-order valence-corrected chi connectivity index (χ2v) is 8.23. The highest BCUT2D eigenvalue weighted by atomic mass is 32.2. The minimum atomic E-state index is -3.70. The fourth-order valence-corrected chi connectivity index (χ4v) is 4.20. The van der Waals surface area contributed by atoms with Crippen LogP contribution >= 0.6 is 0 Å². The normalized spacial score (nSPS) is 11.7. The summed E-state index contributed by atoms with van der Waals surface area (Å²) >= 11 is 0. The standard InChI is InChI=1S/C19H21FN4O3S/c1-13-5-4-6-17(14(13)2)28(26,27)21-11-12-24-19(25)23(3)18(22-24)15-7-9-16(20)10-8-15/h4-10,21H,11-12H2,1-3H3. The van der Waals surface area contributed by atoms with Crippen LogP contribution < -0.4 is 10.4 Å². The Bertz CT molecular complexity index is 1160. The Balaban J connectivity index is 1.77. The molecule has 2 aromatic carbocycles. The van der Waals surface area contributed by atoms with E-state index < -0.39 is 10.0 Å². The van der Waals surface area contributed by atoms with E-state index in [1.54, 1.807) is 26.1 Å². The van der Waals surface area contributed by atoms with Crippen LogP contribution in [-0.4, -0.2) is 29.3 Å². The molecule has 0 aliphatic carbocycles. The number of hydrogen-bond acceptors (Lipinski definition) is 4. The van der Waals surface area contributed by atoms with Gasteiger partial charge in [-0.05, 0) is 55.3 Å². The van der Waals surface area contributed by atoms with Crippen LogP contribution in [0.15, 0.2) is 52.2 Å². The number of benzene rings is 2. The molecule has 0 aliphatic heterocycles. The first-order chi connectivity index (χ1) is 13.2. The summed E-state index contributed by atoms with van der Waals surface area (Å²) in [6.45, 7) is 3.67. The van der Waals surface area contributed by atoms with E-state index in [1.807, 2.05) is 13.0 Å². The van der Waals surface area contributed by atoms with Crippen molar-refractivity contribution in [1.82, 2.24) is 19.1 Å². The van der Waals surface area contributed by atoms with Crippen molar-refractivity contribution in [2.75, 3.05) is 6.54 Å². The van der Waals surface area contributed by atoms with Gasteiger partial charge < -0.3 is 0 Å². The van der Waals surface area contributed by atoms with E-state index in [4.69, 9.17) is 0 Å². The third kappa shape index (κ3) is 3.90. The molecular formula is C19H21FN4O3S. The second-order valence-electron chi connectivity index (χ2n) is 6.49. The van der Waals surface area contributed by atoms with Gasteiger partial charge in [-0.3, -0.25) is 4.57 Å². The summed E-state index contributed by atoms with van der Waals surface area (Å²) in [5.41, 5.74) is 1.78. The van der Waals surface area contributed by atoms with Crippen molar-refractivity contribution >= 4 is 10.0 Å². The van der Waals surface area contributed by atoms with Gasteiger partial charge in [-0.25, -0.2) is 27.0 Å². The minimum Gasteiger partial charge on any atom is -0.278 e. The van der Waals surface area contributed by atoms with Crippen LogP contribution in [0, 0.1) is 19.7 Å². The van der Waals surface area contributed by atoms with Gasteiger partial charge in [0.25, 0.3) is 0 Å². The summed E-state index contributed by atoms with van der Waals surface area (Å²) in [4.78, 5) is 12.6. The number of aryl methyl sites for hydroxylation is 1. The smallest absolute Gasteiger partial charge is 0.278 e. The van der Waals surface area contributed by atoms with Gasteiger partial charge in [0.05, 0.1) is 11.4 Å². The van der Waals surface area contributed by atoms with Crippen molar-refractivity contribution in [2.45, 2.75) is 25.3 Å². The molecule has 0 fully saturated rings. The van der Waals surface area contributed by atoms with Gasteiger partial charge in [0.2, 0.25) is 10.0 Å². The van der Waals surface area contributed by atoms with Crippen LogP contribution in [-0.2, 0) is 23.6 Å². The maximum atomic E-state index is 13.1. The first kappa shape index (κ1) is 20.0. The molecule has 0 unspecified atom stereocenters. The second kappa shape index (κ2) is 7.69. The predicted octanol–water partition coefficient (Wildman–Crippen LogP) is 1.98.